The van der Waals surface area contributed by atoms with Crippen molar-refractivity contribution in [3.63, 3.8) is 0 Å². The highest BCUT2D eigenvalue weighted by atomic mass is 19.2. The number of nitrogens with zero attached hydrogens (tertiary/aromatic N) is 6. The van der Waals surface area contributed by atoms with Gasteiger partial charge in [0.2, 0.25) is 5.82 Å². The smallest absolute Gasteiger partial charge is 0.324 e. The van der Waals surface area contributed by atoms with Crippen molar-refractivity contribution in [3.05, 3.63) is 81.9 Å². The van der Waals surface area contributed by atoms with Crippen molar-refractivity contribution >= 4 is 6.01 Å². The van der Waals surface area contributed by atoms with E-state index in [9.17, 15) is 18.0 Å². The average Bonchev–Trinajstić information content (AvgIpc) is 3.40. The summed E-state index contributed by atoms with van der Waals surface area (Å²) in [7, 11) is 0. The molecule has 12 heteroatoms. The Morgan fingerprint density at radius 1 is 0.946 bits per heavy atom. The summed E-state index contributed by atoms with van der Waals surface area (Å²) < 4.78 is 47.3. The molecular formula is C25H23F3N6O3. The van der Waals surface area contributed by atoms with Crippen molar-refractivity contribution < 1.29 is 22.8 Å². The maximum absolute atomic E-state index is 13.7. The zero-order valence-electron chi connectivity index (χ0n) is 19.6. The van der Waals surface area contributed by atoms with Crippen LogP contribution < -0.4 is 10.5 Å². The van der Waals surface area contributed by atoms with E-state index in [1.165, 1.54) is 12.1 Å². The number of aliphatic hydroxyl groups excluding tert-OH is 1. The molecule has 4 aromatic rings. The normalized spacial score (nSPS) is 14.3. The first-order valence-electron chi connectivity index (χ1n) is 11.7. The molecule has 1 aliphatic heterocycles. The number of benzene rings is 2. The molecular weight excluding hydrogens is 489 g/mol. The lowest BCUT2D eigenvalue weighted by Gasteiger charge is -2.32. The number of hydrogen-bond acceptors (Lipinski definition) is 8. The Kier molecular flexibility index (Phi) is 7.01. The third kappa shape index (κ3) is 5.39. The molecule has 0 radical (unpaired) electrons. The molecule has 192 valence electrons. The van der Waals surface area contributed by atoms with E-state index in [1.54, 1.807) is 18.2 Å². The highest BCUT2D eigenvalue weighted by molar-refractivity contribution is 5.59. The van der Waals surface area contributed by atoms with Crippen LogP contribution in [0.3, 0.4) is 0 Å². The molecule has 0 aliphatic carbocycles. The van der Waals surface area contributed by atoms with Crippen LogP contribution in [-0.4, -0.2) is 69.3 Å². The van der Waals surface area contributed by atoms with E-state index in [2.05, 4.69) is 20.1 Å². The predicted octanol–water partition coefficient (Wildman–Crippen LogP) is 2.54. The summed E-state index contributed by atoms with van der Waals surface area (Å²) >= 11 is 0. The molecule has 0 bridgehead atoms. The molecule has 37 heavy (non-hydrogen) atoms. The molecule has 2 aromatic carbocycles. The Morgan fingerprint density at radius 3 is 2.43 bits per heavy atom. The summed E-state index contributed by atoms with van der Waals surface area (Å²) in [4.78, 5) is 21.1. The van der Waals surface area contributed by atoms with Gasteiger partial charge in [-0.2, -0.15) is 10.1 Å². The van der Waals surface area contributed by atoms with Crippen LogP contribution in [0.15, 0.2) is 57.8 Å². The van der Waals surface area contributed by atoms with Crippen molar-refractivity contribution in [2.24, 2.45) is 0 Å². The first-order valence-corrected chi connectivity index (χ1v) is 11.7. The van der Waals surface area contributed by atoms with Gasteiger partial charge in [-0.15, -0.1) is 0 Å². The highest BCUT2D eigenvalue weighted by Gasteiger charge is 2.21. The van der Waals surface area contributed by atoms with Crippen LogP contribution in [0.4, 0.5) is 19.2 Å². The molecule has 0 amide bonds. The van der Waals surface area contributed by atoms with Crippen molar-refractivity contribution in [2.45, 2.75) is 6.54 Å². The van der Waals surface area contributed by atoms with Gasteiger partial charge in [0.1, 0.15) is 0 Å². The summed E-state index contributed by atoms with van der Waals surface area (Å²) in [5.74, 6) is -3.86. The highest BCUT2D eigenvalue weighted by Crippen LogP contribution is 2.23. The molecule has 5 rings (SSSR count). The fourth-order valence-corrected chi connectivity index (χ4v) is 4.17. The Balaban J connectivity index is 1.34. The van der Waals surface area contributed by atoms with Gasteiger partial charge >= 0.3 is 6.01 Å². The summed E-state index contributed by atoms with van der Waals surface area (Å²) in [6, 6.07) is 11.8. The van der Waals surface area contributed by atoms with Crippen LogP contribution in [0.2, 0.25) is 0 Å². The van der Waals surface area contributed by atoms with Gasteiger partial charge in [-0.05, 0) is 29.8 Å². The first kappa shape index (κ1) is 24.7. The second-order valence-corrected chi connectivity index (χ2v) is 8.62. The van der Waals surface area contributed by atoms with Gasteiger partial charge in [0, 0.05) is 49.9 Å². The van der Waals surface area contributed by atoms with E-state index in [0.29, 0.717) is 42.6 Å². The maximum Gasteiger partial charge on any atom is 0.324 e. The minimum absolute atomic E-state index is 0.00965. The second-order valence-electron chi connectivity index (χ2n) is 8.62. The Morgan fingerprint density at radius 2 is 1.70 bits per heavy atom. The van der Waals surface area contributed by atoms with Crippen molar-refractivity contribution in [3.8, 4) is 22.6 Å². The molecule has 3 heterocycles. The fourth-order valence-electron chi connectivity index (χ4n) is 4.17. The Hall–Kier alpha value is -4.03. The molecule has 1 N–H and O–H groups in total. The van der Waals surface area contributed by atoms with Crippen molar-refractivity contribution in [2.75, 3.05) is 44.2 Å². The predicted molar refractivity (Wildman–Crippen MR) is 128 cm³/mol. The molecule has 1 aliphatic rings. The third-order valence-corrected chi connectivity index (χ3v) is 6.14. The molecule has 0 unspecified atom stereocenters. The number of piperazine rings is 1. The van der Waals surface area contributed by atoms with Gasteiger partial charge in [-0.3, -0.25) is 9.69 Å². The summed E-state index contributed by atoms with van der Waals surface area (Å²) in [5, 5.41) is 17.4. The zero-order valence-corrected chi connectivity index (χ0v) is 19.6. The van der Waals surface area contributed by atoms with Crippen molar-refractivity contribution in [1.29, 1.82) is 0 Å². The molecule has 9 nitrogen and oxygen atoms in total. The van der Waals surface area contributed by atoms with Crippen LogP contribution >= 0.6 is 0 Å². The van der Waals surface area contributed by atoms with Gasteiger partial charge in [-0.1, -0.05) is 23.4 Å². The van der Waals surface area contributed by atoms with Gasteiger partial charge in [0.15, 0.2) is 17.5 Å². The number of hydrogen-bond donors (Lipinski definition) is 1. The Bertz CT molecular complexity index is 1440. The number of aliphatic hydroxyl groups is 1. The standard InChI is InChI=1S/C25H23F3N6O3/c26-19-13-18(14-20(27)23(19)28)21-4-5-22(36)34(30-21)15-16-2-1-3-17(12-16)24-29-25(37-31-24)33-8-6-32(7-9-33)10-11-35/h1-5,12-14,35H,6-11,15H2. The minimum atomic E-state index is -1.57. The zero-order chi connectivity index (χ0) is 25.9. The van der Waals surface area contributed by atoms with Gasteiger partial charge in [0.05, 0.1) is 18.8 Å². The largest absolute Gasteiger partial charge is 0.395 e. The molecule has 0 spiro atoms. The van der Waals surface area contributed by atoms with Crippen LogP contribution in [-0.2, 0) is 6.54 Å². The topological polar surface area (TPSA) is 101 Å². The quantitative estimate of drug-likeness (QED) is 0.377. The first-order chi connectivity index (χ1) is 17.9. The van der Waals surface area contributed by atoms with E-state index >= 15 is 0 Å². The molecule has 0 saturated carbocycles. The monoisotopic (exact) mass is 512 g/mol. The van der Waals surface area contributed by atoms with E-state index in [-0.39, 0.29) is 24.4 Å². The van der Waals surface area contributed by atoms with E-state index in [1.807, 2.05) is 11.0 Å². The lowest BCUT2D eigenvalue weighted by molar-refractivity contribution is 0.186. The number of halogens is 3. The van der Waals surface area contributed by atoms with Gasteiger partial charge in [-0.25, -0.2) is 17.9 Å². The Labute approximate surface area is 209 Å². The van der Waals surface area contributed by atoms with E-state index < -0.39 is 23.0 Å². The summed E-state index contributed by atoms with van der Waals surface area (Å²) in [5.41, 5.74) is 1.10. The van der Waals surface area contributed by atoms with E-state index in [0.717, 1.165) is 29.9 Å². The minimum Gasteiger partial charge on any atom is -0.395 e. The molecule has 2 aromatic heterocycles. The molecule has 0 atom stereocenters. The van der Waals surface area contributed by atoms with Crippen molar-refractivity contribution in [1.82, 2.24) is 24.8 Å². The number of rotatable bonds is 7. The SMILES string of the molecule is O=c1ccc(-c2cc(F)c(F)c(F)c2)nn1Cc1cccc(-c2noc(N3CCN(CCO)CC3)n2)c1. The number of β-amino-alcohol motifs (C(OH)–C–C–N with tert-alkyl or cyclic N) is 1. The number of aromatic nitrogens is 4. The van der Waals surface area contributed by atoms with Crippen LogP contribution in [0.25, 0.3) is 22.6 Å². The maximum atomic E-state index is 13.7. The lowest BCUT2D eigenvalue weighted by atomic mass is 10.1. The van der Waals surface area contributed by atoms with Gasteiger partial charge < -0.3 is 14.5 Å². The fraction of sp³-hybridized carbons (Fsp3) is 0.280. The average molecular weight is 512 g/mol. The van der Waals surface area contributed by atoms with Crippen LogP contribution in [0, 0.1) is 17.5 Å². The summed E-state index contributed by atoms with van der Waals surface area (Å²) in [6.45, 7) is 3.80. The van der Waals surface area contributed by atoms with E-state index in [4.69, 9.17) is 9.63 Å². The number of anilines is 1. The third-order valence-electron chi connectivity index (χ3n) is 6.14. The molecule has 1 saturated heterocycles. The molecule has 1 fully saturated rings. The van der Waals surface area contributed by atoms with Gasteiger partial charge in [0.25, 0.3) is 5.56 Å². The summed E-state index contributed by atoms with van der Waals surface area (Å²) in [6.07, 6.45) is 0. The van der Waals surface area contributed by atoms with Crippen LogP contribution in [0.5, 0.6) is 0 Å². The lowest BCUT2D eigenvalue weighted by Crippen LogP contribution is -2.47. The second kappa shape index (κ2) is 10.5. The van der Waals surface area contributed by atoms with Crippen LogP contribution in [0.1, 0.15) is 5.56 Å².